The van der Waals surface area contributed by atoms with Gasteiger partial charge in [-0.3, -0.25) is 0 Å². The zero-order chi connectivity index (χ0) is 8.43. The number of hydrogen-bond acceptors (Lipinski definition) is 0. The van der Waals surface area contributed by atoms with E-state index in [0.29, 0.717) is 5.92 Å². The smallest absolute Gasteiger partial charge is 0.0194 e. The van der Waals surface area contributed by atoms with E-state index in [1.807, 2.05) is 0 Å². The highest BCUT2D eigenvalue weighted by Gasteiger charge is 2.04. The van der Waals surface area contributed by atoms with E-state index in [0.717, 1.165) is 0 Å². The fourth-order valence-corrected chi connectivity index (χ4v) is 2.10. The fourth-order valence-electron chi connectivity index (χ4n) is 1.12. The van der Waals surface area contributed by atoms with Gasteiger partial charge in [0.2, 0.25) is 0 Å². The molecule has 0 saturated heterocycles. The van der Waals surface area contributed by atoms with Crippen molar-refractivity contribution in [3.8, 4) is 0 Å². The molecule has 0 aliphatic rings. The van der Waals surface area contributed by atoms with Gasteiger partial charge < -0.3 is 0 Å². The number of hydrogen-bond donors (Lipinski definition) is 0. The summed E-state index contributed by atoms with van der Waals surface area (Å²) in [5.41, 5.74) is 2.85. The van der Waals surface area contributed by atoms with Gasteiger partial charge in [0.05, 0.1) is 0 Å². The molecule has 0 aromatic heterocycles. The lowest BCUT2D eigenvalue weighted by Crippen LogP contribution is -1.93. The second-order valence-electron chi connectivity index (χ2n) is 3.13. The predicted molar refractivity (Wildman–Crippen MR) is 58.0 cm³/mol. The molecule has 0 heterocycles. The van der Waals surface area contributed by atoms with Crippen LogP contribution < -0.4 is 0 Å². The molecular weight excluding hydrogens is 247 g/mol. The van der Waals surface area contributed by atoms with Crippen LogP contribution in [0.25, 0.3) is 0 Å². The molecule has 0 aliphatic heterocycles. The van der Waals surface area contributed by atoms with E-state index in [9.17, 15) is 0 Å². The third-order valence-corrected chi connectivity index (χ3v) is 3.32. The van der Waals surface area contributed by atoms with Gasteiger partial charge in [0.15, 0.2) is 0 Å². The summed E-state index contributed by atoms with van der Waals surface area (Å²) in [5, 5.41) is 0. The normalized spacial score (nSPS) is 10.6. The Morgan fingerprint density at radius 2 is 1.91 bits per heavy atom. The molecule has 0 unspecified atom stereocenters. The molecular formula is C10H13I. The lowest BCUT2D eigenvalue weighted by molar-refractivity contribution is 0.858. The van der Waals surface area contributed by atoms with Crippen LogP contribution in [0.2, 0.25) is 0 Å². The van der Waals surface area contributed by atoms with E-state index in [4.69, 9.17) is 0 Å². The maximum absolute atomic E-state index is 2.42. The van der Waals surface area contributed by atoms with Crippen molar-refractivity contribution in [2.75, 3.05) is 0 Å². The summed E-state index contributed by atoms with van der Waals surface area (Å²) in [5.74, 6) is 0.641. The van der Waals surface area contributed by atoms with Crippen molar-refractivity contribution < 1.29 is 0 Å². The van der Waals surface area contributed by atoms with Crippen LogP contribution in [-0.4, -0.2) is 0 Å². The van der Waals surface area contributed by atoms with Crippen molar-refractivity contribution in [2.45, 2.75) is 26.7 Å². The first-order chi connectivity index (χ1) is 5.13. The van der Waals surface area contributed by atoms with E-state index in [1.165, 1.54) is 14.7 Å². The monoisotopic (exact) mass is 260 g/mol. The van der Waals surface area contributed by atoms with Gasteiger partial charge in [0, 0.05) is 3.57 Å². The van der Waals surface area contributed by atoms with Gasteiger partial charge in [-0.25, -0.2) is 0 Å². The Morgan fingerprint density at radius 3 is 2.36 bits per heavy atom. The molecule has 0 amide bonds. The van der Waals surface area contributed by atoms with Crippen molar-refractivity contribution in [3.63, 3.8) is 0 Å². The SMILES string of the molecule is Cc1cccc(C(C)C)c1I. The largest absolute Gasteiger partial charge is 0.0616 e. The zero-order valence-electron chi connectivity index (χ0n) is 7.19. The van der Waals surface area contributed by atoms with Crippen LogP contribution in [0, 0.1) is 10.5 Å². The highest BCUT2D eigenvalue weighted by atomic mass is 127. The van der Waals surface area contributed by atoms with Crippen molar-refractivity contribution in [3.05, 3.63) is 32.9 Å². The predicted octanol–water partition coefficient (Wildman–Crippen LogP) is 3.72. The Labute approximate surface area is 82.2 Å². The molecule has 0 radical (unpaired) electrons. The quantitative estimate of drug-likeness (QED) is 0.675. The lowest BCUT2D eigenvalue weighted by atomic mass is 10.0. The van der Waals surface area contributed by atoms with Gasteiger partial charge in [-0.15, -0.1) is 0 Å². The molecule has 0 spiro atoms. The Hall–Kier alpha value is -0.0500. The number of halogens is 1. The first-order valence-corrected chi connectivity index (χ1v) is 4.96. The van der Waals surface area contributed by atoms with E-state index >= 15 is 0 Å². The number of aryl methyl sites for hydroxylation is 1. The standard InChI is InChI=1S/C10H13I/c1-7(2)9-6-4-5-8(3)10(9)11/h4-7H,1-3H3. The molecule has 60 valence electrons. The number of benzene rings is 1. The van der Waals surface area contributed by atoms with Crippen molar-refractivity contribution in [1.29, 1.82) is 0 Å². The molecule has 0 saturated carbocycles. The molecule has 1 aromatic carbocycles. The summed E-state index contributed by atoms with van der Waals surface area (Å²) >= 11 is 2.42. The third kappa shape index (κ3) is 1.95. The van der Waals surface area contributed by atoms with E-state index in [1.54, 1.807) is 0 Å². The third-order valence-electron chi connectivity index (χ3n) is 1.84. The highest BCUT2D eigenvalue weighted by molar-refractivity contribution is 14.1. The summed E-state index contributed by atoms with van der Waals surface area (Å²) in [7, 11) is 0. The Bertz CT molecular complexity index is 251. The Morgan fingerprint density at radius 1 is 1.27 bits per heavy atom. The Kier molecular flexibility index (Phi) is 2.93. The minimum absolute atomic E-state index is 0.641. The molecule has 1 heteroatoms. The van der Waals surface area contributed by atoms with Gasteiger partial charge in [0.1, 0.15) is 0 Å². The molecule has 0 N–H and O–H groups in total. The van der Waals surface area contributed by atoms with Gasteiger partial charge in [-0.1, -0.05) is 32.0 Å². The van der Waals surface area contributed by atoms with Gasteiger partial charge in [-0.05, 0) is 46.6 Å². The molecule has 1 aromatic rings. The zero-order valence-corrected chi connectivity index (χ0v) is 9.34. The van der Waals surface area contributed by atoms with Gasteiger partial charge in [-0.2, -0.15) is 0 Å². The minimum atomic E-state index is 0.641. The van der Waals surface area contributed by atoms with Crippen LogP contribution in [0.3, 0.4) is 0 Å². The summed E-state index contributed by atoms with van der Waals surface area (Å²) in [6.45, 7) is 6.63. The first-order valence-electron chi connectivity index (χ1n) is 3.88. The fraction of sp³-hybridized carbons (Fsp3) is 0.400. The maximum Gasteiger partial charge on any atom is 0.0194 e. The van der Waals surface area contributed by atoms with E-state index in [-0.39, 0.29) is 0 Å². The molecule has 0 bridgehead atoms. The first kappa shape index (κ1) is 9.04. The van der Waals surface area contributed by atoms with Crippen molar-refractivity contribution >= 4 is 22.6 Å². The number of rotatable bonds is 1. The molecule has 1 rings (SSSR count). The topological polar surface area (TPSA) is 0 Å². The molecule has 0 nitrogen and oxygen atoms in total. The summed E-state index contributed by atoms with van der Waals surface area (Å²) in [6.07, 6.45) is 0. The van der Waals surface area contributed by atoms with E-state index < -0.39 is 0 Å². The van der Waals surface area contributed by atoms with Gasteiger partial charge in [0.25, 0.3) is 0 Å². The second kappa shape index (κ2) is 3.57. The van der Waals surface area contributed by atoms with Gasteiger partial charge >= 0.3 is 0 Å². The van der Waals surface area contributed by atoms with Crippen molar-refractivity contribution in [1.82, 2.24) is 0 Å². The average Bonchev–Trinajstić information content (AvgIpc) is 1.94. The maximum atomic E-state index is 2.42. The van der Waals surface area contributed by atoms with Crippen LogP contribution in [0.5, 0.6) is 0 Å². The average molecular weight is 260 g/mol. The van der Waals surface area contributed by atoms with Crippen LogP contribution >= 0.6 is 22.6 Å². The summed E-state index contributed by atoms with van der Waals surface area (Å²) in [6, 6.07) is 6.50. The van der Waals surface area contributed by atoms with Crippen molar-refractivity contribution in [2.24, 2.45) is 0 Å². The summed E-state index contributed by atoms with van der Waals surface area (Å²) in [4.78, 5) is 0. The molecule has 0 atom stereocenters. The Balaban J connectivity index is 3.17. The van der Waals surface area contributed by atoms with Crippen LogP contribution in [-0.2, 0) is 0 Å². The molecule has 0 fully saturated rings. The molecule has 0 aliphatic carbocycles. The minimum Gasteiger partial charge on any atom is -0.0616 e. The van der Waals surface area contributed by atoms with Crippen LogP contribution in [0.1, 0.15) is 30.9 Å². The van der Waals surface area contributed by atoms with Crippen LogP contribution in [0.4, 0.5) is 0 Å². The second-order valence-corrected chi connectivity index (χ2v) is 4.21. The van der Waals surface area contributed by atoms with E-state index in [2.05, 4.69) is 61.6 Å². The molecule has 11 heavy (non-hydrogen) atoms. The highest BCUT2D eigenvalue weighted by Crippen LogP contribution is 2.23. The van der Waals surface area contributed by atoms with Crippen LogP contribution in [0.15, 0.2) is 18.2 Å². The summed E-state index contributed by atoms with van der Waals surface area (Å²) < 4.78 is 1.42. The lowest BCUT2D eigenvalue weighted by Gasteiger charge is -2.09.